The van der Waals surface area contributed by atoms with Gasteiger partial charge in [0.25, 0.3) is 6.10 Å². The maximum atomic E-state index is 13.9. The first-order valence-corrected chi connectivity index (χ1v) is 14.3. The lowest BCUT2D eigenvalue weighted by Crippen LogP contribution is -2.53. The number of hydrogen-bond donors (Lipinski definition) is 1. The molecular formula is C26H26F5O7S2+. The smallest absolute Gasteiger partial charge is 0.432 e. The molecule has 0 fully saturated rings. The van der Waals surface area contributed by atoms with Crippen molar-refractivity contribution >= 4 is 21.0 Å². The van der Waals surface area contributed by atoms with Crippen LogP contribution in [0.2, 0.25) is 0 Å². The summed E-state index contributed by atoms with van der Waals surface area (Å²) >= 11 is 0. The molecule has 0 spiro atoms. The highest BCUT2D eigenvalue weighted by atomic mass is 32.2. The van der Waals surface area contributed by atoms with E-state index in [0.717, 1.165) is 21.9 Å². The van der Waals surface area contributed by atoms with Gasteiger partial charge in [-0.1, -0.05) is 18.2 Å². The van der Waals surface area contributed by atoms with Crippen molar-refractivity contribution in [1.82, 2.24) is 0 Å². The molecule has 0 radical (unpaired) electrons. The predicted molar refractivity (Wildman–Crippen MR) is 137 cm³/mol. The van der Waals surface area contributed by atoms with E-state index in [1.807, 2.05) is 42.5 Å². The lowest BCUT2D eigenvalue weighted by atomic mass is 10.3. The van der Waals surface area contributed by atoms with Crippen LogP contribution in [-0.2, 0) is 30.5 Å². The molecule has 0 bridgehead atoms. The average molecular weight is 610 g/mol. The van der Waals surface area contributed by atoms with Crippen LogP contribution in [0.25, 0.3) is 0 Å². The number of ether oxygens (including phenoxy) is 4. The van der Waals surface area contributed by atoms with Crippen LogP contribution in [-0.4, -0.2) is 64.0 Å². The zero-order valence-corrected chi connectivity index (χ0v) is 22.6. The molecule has 3 rings (SSSR count). The second-order valence-corrected chi connectivity index (χ2v) is 11.6. The molecule has 2 unspecified atom stereocenters. The molecule has 2 atom stereocenters. The van der Waals surface area contributed by atoms with E-state index in [9.17, 15) is 30.4 Å². The van der Waals surface area contributed by atoms with Gasteiger partial charge in [0.05, 0.1) is 30.7 Å². The van der Waals surface area contributed by atoms with Crippen LogP contribution in [0.1, 0.15) is 0 Å². The van der Waals surface area contributed by atoms with E-state index < -0.39 is 44.3 Å². The first kappa shape index (κ1) is 31.6. The summed E-state index contributed by atoms with van der Waals surface area (Å²) in [4.78, 5) is 2.31. The standard InChI is InChI=1S/C26H25F5O7S2/c1-35-15-16-36-17-18-37-19-7-11-22(12-8-19)39(21-5-3-2-4-6-21)23-13-9-20(10-14-23)38-24(25(27,28)29)26(30,31)40(32,33)34/h2-14,24H,15-18H2,1H3/p+1. The van der Waals surface area contributed by atoms with E-state index >= 15 is 0 Å². The second-order valence-electron chi connectivity index (χ2n) is 8.09. The van der Waals surface area contributed by atoms with Crippen molar-refractivity contribution in [2.75, 3.05) is 33.5 Å². The zero-order valence-electron chi connectivity index (χ0n) is 21.0. The normalized spacial score (nSPS) is 14.0. The molecule has 7 nitrogen and oxygen atoms in total. The summed E-state index contributed by atoms with van der Waals surface area (Å²) in [6, 6.07) is 21.2. The number of alkyl halides is 5. The van der Waals surface area contributed by atoms with Crippen molar-refractivity contribution in [2.45, 2.75) is 32.2 Å². The Bertz CT molecular complexity index is 1300. The minimum atomic E-state index is -6.41. The van der Waals surface area contributed by atoms with Crippen LogP contribution in [0, 0.1) is 0 Å². The second kappa shape index (κ2) is 13.6. The Morgan fingerprint density at radius 3 is 1.75 bits per heavy atom. The minimum absolute atomic E-state index is 0.324. The molecule has 218 valence electrons. The monoisotopic (exact) mass is 609 g/mol. The first-order valence-electron chi connectivity index (χ1n) is 11.6. The van der Waals surface area contributed by atoms with Crippen LogP contribution in [0.5, 0.6) is 11.5 Å². The summed E-state index contributed by atoms with van der Waals surface area (Å²) in [7, 11) is -5.60. The molecule has 0 aromatic heterocycles. The predicted octanol–water partition coefficient (Wildman–Crippen LogP) is 5.61. The van der Waals surface area contributed by atoms with Gasteiger partial charge in [-0.25, -0.2) is 0 Å². The van der Waals surface area contributed by atoms with Crippen molar-refractivity contribution in [2.24, 2.45) is 0 Å². The summed E-state index contributed by atoms with van der Waals surface area (Å²) in [6.07, 6.45) is -9.92. The van der Waals surface area contributed by atoms with Gasteiger partial charge in [-0.15, -0.1) is 0 Å². The number of halogens is 5. The Morgan fingerprint density at radius 2 is 1.25 bits per heavy atom. The van der Waals surface area contributed by atoms with Gasteiger partial charge in [-0.2, -0.15) is 30.4 Å². The van der Waals surface area contributed by atoms with E-state index in [-0.39, 0.29) is 0 Å². The van der Waals surface area contributed by atoms with Crippen LogP contribution in [0.15, 0.2) is 93.5 Å². The van der Waals surface area contributed by atoms with Gasteiger partial charge in [0, 0.05) is 7.11 Å². The van der Waals surface area contributed by atoms with Gasteiger partial charge in [-0.05, 0) is 60.7 Å². The first-order chi connectivity index (χ1) is 18.8. The molecular weight excluding hydrogens is 583 g/mol. The number of hydrogen-bond acceptors (Lipinski definition) is 6. The van der Waals surface area contributed by atoms with E-state index in [1.165, 1.54) is 12.1 Å². The zero-order chi connectivity index (χ0) is 29.4. The number of rotatable bonds is 14. The van der Waals surface area contributed by atoms with Crippen LogP contribution < -0.4 is 9.47 Å². The third kappa shape index (κ3) is 8.30. The van der Waals surface area contributed by atoms with Crippen LogP contribution in [0.4, 0.5) is 22.0 Å². The van der Waals surface area contributed by atoms with E-state index in [1.54, 1.807) is 19.2 Å². The molecule has 3 aromatic carbocycles. The van der Waals surface area contributed by atoms with Crippen LogP contribution >= 0.6 is 0 Å². The Hall–Kier alpha value is -2.91. The van der Waals surface area contributed by atoms with Crippen molar-refractivity contribution < 1.29 is 53.9 Å². The molecule has 0 heterocycles. The quantitative estimate of drug-likeness (QED) is 0.110. The van der Waals surface area contributed by atoms with Crippen molar-refractivity contribution in [1.29, 1.82) is 0 Å². The summed E-state index contributed by atoms with van der Waals surface area (Å²) in [6.45, 7) is 1.62. The molecule has 40 heavy (non-hydrogen) atoms. The highest BCUT2D eigenvalue weighted by Gasteiger charge is 2.65. The van der Waals surface area contributed by atoms with Gasteiger partial charge in [0.2, 0.25) is 0 Å². The van der Waals surface area contributed by atoms with Crippen molar-refractivity contribution in [3.63, 3.8) is 0 Å². The Morgan fingerprint density at radius 1 is 0.750 bits per heavy atom. The summed E-state index contributed by atoms with van der Waals surface area (Å²) in [5.74, 6) is -0.0696. The highest BCUT2D eigenvalue weighted by Crippen LogP contribution is 2.39. The molecule has 0 aliphatic carbocycles. The maximum absolute atomic E-state index is 13.9. The Kier molecular flexibility index (Phi) is 10.8. The van der Waals surface area contributed by atoms with Gasteiger partial charge >= 0.3 is 21.5 Å². The van der Waals surface area contributed by atoms with Gasteiger partial charge in [0.1, 0.15) is 18.1 Å². The van der Waals surface area contributed by atoms with E-state index in [4.69, 9.17) is 18.8 Å². The average Bonchev–Trinajstić information content (AvgIpc) is 2.90. The summed E-state index contributed by atoms with van der Waals surface area (Å²) in [5, 5.41) is -5.63. The third-order valence-electron chi connectivity index (χ3n) is 5.23. The molecule has 0 saturated carbocycles. The molecule has 1 N–H and O–H groups in total. The van der Waals surface area contributed by atoms with Gasteiger partial charge < -0.3 is 18.9 Å². The largest absolute Gasteiger partial charge is 0.491 e. The molecule has 0 amide bonds. The molecule has 3 aromatic rings. The fraction of sp³-hybridized carbons (Fsp3) is 0.308. The fourth-order valence-corrected chi connectivity index (χ4v) is 5.87. The third-order valence-corrected chi connectivity index (χ3v) is 8.36. The van der Waals surface area contributed by atoms with E-state index in [0.29, 0.717) is 37.1 Å². The molecule has 0 saturated heterocycles. The molecule has 0 aliphatic rings. The minimum Gasteiger partial charge on any atom is -0.491 e. The van der Waals surface area contributed by atoms with E-state index in [2.05, 4.69) is 4.74 Å². The van der Waals surface area contributed by atoms with Gasteiger partial charge in [0.15, 0.2) is 14.7 Å². The lowest BCUT2D eigenvalue weighted by molar-refractivity contribution is -0.239. The number of benzene rings is 3. The topological polar surface area (TPSA) is 91.3 Å². The lowest BCUT2D eigenvalue weighted by Gasteiger charge is -2.26. The van der Waals surface area contributed by atoms with Crippen LogP contribution in [0.3, 0.4) is 0 Å². The number of methoxy groups -OCH3 is 1. The maximum Gasteiger partial charge on any atom is 0.432 e. The molecule has 0 aliphatic heterocycles. The van der Waals surface area contributed by atoms with Crippen molar-refractivity contribution in [3.05, 3.63) is 78.9 Å². The fourth-order valence-electron chi connectivity index (χ4n) is 3.35. The highest BCUT2D eigenvalue weighted by molar-refractivity contribution is 7.97. The SMILES string of the molecule is COCCOCCOc1ccc([S+](c2ccccc2)c2ccc(OC(C(F)(F)F)C(F)(F)S(=O)(=O)O)cc2)cc1. The van der Waals surface area contributed by atoms with Crippen molar-refractivity contribution in [3.8, 4) is 11.5 Å². The Balaban J connectivity index is 1.83. The summed E-state index contributed by atoms with van der Waals surface area (Å²) in [5.41, 5.74) is 0. The van der Waals surface area contributed by atoms with Gasteiger partial charge in [-0.3, -0.25) is 4.55 Å². The molecule has 14 heteroatoms. The Labute approximate surface area is 230 Å². The summed E-state index contributed by atoms with van der Waals surface area (Å²) < 4.78 is 118.